The first-order chi connectivity index (χ1) is 8.00. The first-order valence-corrected chi connectivity index (χ1v) is 6.29. The van der Waals surface area contributed by atoms with Crippen molar-refractivity contribution in [1.29, 1.82) is 0 Å². The molecule has 1 rings (SSSR count). The number of carboxylic acid groups (broad SMARTS) is 1. The van der Waals surface area contributed by atoms with E-state index in [4.69, 9.17) is 5.11 Å². The molecule has 1 saturated carbocycles. The van der Waals surface area contributed by atoms with Gasteiger partial charge in [0, 0.05) is 25.0 Å². The summed E-state index contributed by atoms with van der Waals surface area (Å²) in [6, 6.07) is 0.363. The summed E-state index contributed by atoms with van der Waals surface area (Å²) in [5, 5.41) is 11.6. The van der Waals surface area contributed by atoms with Crippen molar-refractivity contribution in [3.05, 3.63) is 0 Å². The molecule has 0 aliphatic heterocycles. The van der Waals surface area contributed by atoms with Gasteiger partial charge in [0.2, 0.25) is 0 Å². The number of carbonyl (C=O) groups is 2. The Kier molecular flexibility index (Phi) is 5.25. The number of hydrogen-bond donors (Lipinski definition) is 2. The summed E-state index contributed by atoms with van der Waals surface area (Å²) in [7, 11) is 0. The summed E-state index contributed by atoms with van der Waals surface area (Å²) in [5.41, 5.74) is 0. The van der Waals surface area contributed by atoms with Crippen LogP contribution in [0.4, 0.5) is 4.79 Å². The Morgan fingerprint density at radius 2 is 2.06 bits per heavy atom. The zero-order valence-corrected chi connectivity index (χ0v) is 10.6. The number of hydrogen-bond acceptors (Lipinski definition) is 2. The molecule has 5 heteroatoms. The molecule has 0 bridgehead atoms. The molecular weight excluding hydrogens is 220 g/mol. The Bertz CT molecular complexity index is 275. The summed E-state index contributed by atoms with van der Waals surface area (Å²) >= 11 is 0. The van der Waals surface area contributed by atoms with E-state index in [9.17, 15) is 9.59 Å². The van der Waals surface area contributed by atoms with Crippen molar-refractivity contribution in [2.45, 2.75) is 58.0 Å². The largest absolute Gasteiger partial charge is 0.481 e. The number of nitrogens with one attached hydrogen (secondary N) is 1. The topological polar surface area (TPSA) is 69.6 Å². The van der Waals surface area contributed by atoms with Crippen molar-refractivity contribution < 1.29 is 14.7 Å². The van der Waals surface area contributed by atoms with Gasteiger partial charge in [-0.05, 0) is 39.5 Å². The van der Waals surface area contributed by atoms with Crippen LogP contribution >= 0.6 is 0 Å². The zero-order valence-electron chi connectivity index (χ0n) is 10.6. The summed E-state index contributed by atoms with van der Waals surface area (Å²) in [6.45, 7) is 4.39. The summed E-state index contributed by atoms with van der Waals surface area (Å²) in [6.07, 6.45) is 3.93. The highest BCUT2D eigenvalue weighted by molar-refractivity contribution is 5.75. The maximum Gasteiger partial charge on any atom is 0.317 e. The van der Waals surface area contributed by atoms with Gasteiger partial charge in [-0.15, -0.1) is 0 Å². The van der Waals surface area contributed by atoms with Crippen LogP contribution in [0.25, 0.3) is 0 Å². The molecule has 2 N–H and O–H groups in total. The van der Waals surface area contributed by atoms with Gasteiger partial charge in [-0.3, -0.25) is 4.79 Å². The van der Waals surface area contributed by atoms with E-state index in [2.05, 4.69) is 5.32 Å². The van der Waals surface area contributed by atoms with Crippen molar-refractivity contribution in [3.63, 3.8) is 0 Å². The van der Waals surface area contributed by atoms with Crippen molar-refractivity contribution in [2.75, 3.05) is 6.54 Å². The highest BCUT2D eigenvalue weighted by Gasteiger charge is 2.23. The van der Waals surface area contributed by atoms with E-state index in [1.807, 2.05) is 13.8 Å². The van der Waals surface area contributed by atoms with Crippen LogP contribution in [0.5, 0.6) is 0 Å². The average Bonchev–Trinajstić information content (AvgIpc) is 2.17. The van der Waals surface area contributed by atoms with Crippen LogP contribution in [-0.2, 0) is 4.79 Å². The van der Waals surface area contributed by atoms with Crippen molar-refractivity contribution >= 4 is 12.0 Å². The van der Waals surface area contributed by atoms with Crippen LogP contribution in [0.1, 0.15) is 46.0 Å². The third kappa shape index (κ3) is 4.63. The molecule has 0 aromatic heterocycles. The number of aliphatic carboxylic acids is 1. The van der Waals surface area contributed by atoms with E-state index in [1.54, 1.807) is 4.90 Å². The van der Waals surface area contributed by atoms with Crippen LogP contribution in [0.15, 0.2) is 0 Å². The summed E-state index contributed by atoms with van der Waals surface area (Å²) < 4.78 is 0. The fourth-order valence-corrected chi connectivity index (χ4v) is 1.80. The lowest BCUT2D eigenvalue weighted by atomic mass is 9.93. The lowest BCUT2D eigenvalue weighted by molar-refractivity contribution is -0.137. The first-order valence-electron chi connectivity index (χ1n) is 6.29. The Morgan fingerprint density at radius 3 is 2.47 bits per heavy atom. The number of rotatable bonds is 6. The maximum atomic E-state index is 11.9. The lowest BCUT2D eigenvalue weighted by Gasteiger charge is -2.32. The van der Waals surface area contributed by atoms with Crippen molar-refractivity contribution in [3.8, 4) is 0 Å². The van der Waals surface area contributed by atoms with E-state index >= 15 is 0 Å². The molecule has 98 valence electrons. The number of urea groups is 1. The van der Waals surface area contributed by atoms with Gasteiger partial charge in [0.05, 0.1) is 0 Å². The van der Waals surface area contributed by atoms with Crippen LogP contribution in [0.3, 0.4) is 0 Å². The molecule has 0 aromatic carbocycles. The minimum Gasteiger partial charge on any atom is -0.481 e. The monoisotopic (exact) mass is 242 g/mol. The van der Waals surface area contributed by atoms with Gasteiger partial charge in [0.15, 0.2) is 0 Å². The van der Waals surface area contributed by atoms with E-state index in [1.165, 1.54) is 6.42 Å². The predicted molar refractivity (Wildman–Crippen MR) is 64.9 cm³/mol. The summed E-state index contributed by atoms with van der Waals surface area (Å²) in [4.78, 5) is 24.1. The Hall–Kier alpha value is -1.26. The van der Waals surface area contributed by atoms with Gasteiger partial charge >= 0.3 is 12.0 Å². The SMILES string of the molecule is CC(C)N(CCCC(=O)O)C(=O)NC1CCC1. The van der Waals surface area contributed by atoms with E-state index in [-0.39, 0.29) is 18.5 Å². The highest BCUT2D eigenvalue weighted by Crippen LogP contribution is 2.18. The normalized spacial score (nSPS) is 15.5. The third-order valence-corrected chi connectivity index (χ3v) is 3.11. The van der Waals surface area contributed by atoms with E-state index in [0.717, 1.165) is 12.8 Å². The van der Waals surface area contributed by atoms with Gasteiger partial charge in [-0.2, -0.15) is 0 Å². The fraction of sp³-hybridized carbons (Fsp3) is 0.833. The molecule has 17 heavy (non-hydrogen) atoms. The molecule has 0 radical (unpaired) electrons. The second kappa shape index (κ2) is 6.47. The zero-order chi connectivity index (χ0) is 12.8. The Labute approximate surface area is 102 Å². The van der Waals surface area contributed by atoms with Gasteiger partial charge in [-0.25, -0.2) is 4.79 Å². The molecule has 0 aromatic rings. The second-order valence-corrected chi connectivity index (χ2v) is 4.86. The molecule has 1 aliphatic carbocycles. The van der Waals surface area contributed by atoms with Crippen LogP contribution in [-0.4, -0.2) is 40.6 Å². The van der Waals surface area contributed by atoms with Gasteiger partial charge < -0.3 is 15.3 Å². The maximum absolute atomic E-state index is 11.9. The first kappa shape index (κ1) is 13.8. The molecule has 5 nitrogen and oxygen atoms in total. The fourth-order valence-electron chi connectivity index (χ4n) is 1.80. The van der Waals surface area contributed by atoms with Crippen LogP contribution in [0, 0.1) is 0 Å². The van der Waals surface area contributed by atoms with Crippen molar-refractivity contribution in [2.24, 2.45) is 0 Å². The van der Waals surface area contributed by atoms with E-state index in [0.29, 0.717) is 19.0 Å². The van der Waals surface area contributed by atoms with Crippen LogP contribution in [0.2, 0.25) is 0 Å². The highest BCUT2D eigenvalue weighted by atomic mass is 16.4. The smallest absolute Gasteiger partial charge is 0.317 e. The van der Waals surface area contributed by atoms with Crippen molar-refractivity contribution in [1.82, 2.24) is 10.2 Å². The van der Waals surface area contributed by atoms with Crippen LogP contribution < -0.4 is 5.32 Å². The number of nitrogens with zero attached hydrogens (tertiary/aromatic N) is 1. The molecule has 0 spiro atoms. The number of carbonyl (C=O) groups excluding carboxylic acids is 1. The molecule has 1 aliphatic rings. The third-order valence-electron chi connectivity index (χ3n) is 3.11. The standard InChI is InChI=1S/C12H22N2O3/c1-9(2)14(8-4-7-11(15)16)12(17)13-10-5-3-6-10/h9-10H,3-8H2,1-2H3,(H,13,17)(H,15,16). The predicted octanol–water partition coefficient (Wildman–Crippen LogP) is 1.82. The van der Waals surface area contributed by atoms with Gasteiger partial charge in [0.25, 0.3) is 0 Å². The van der Waals surface area contributed by atoms with E-state index < -0.39 is 5.97 Å². The van der Waals surface area contributed by atoms with Gasteiger partial charge in [-0.1, -0.05) is 0 Å². The number of carboxylic acids is 1. The lowest BCUT2D eigenvalue weighted by Crippen LogP contribution is -2.50. The minimum absolute atomic E-state index is 0.0601. The molecule has 0 atom stereocenters. The Balaban J connectivity index is 2.34. The summed E-state index contributed by atoms with van der Waals surface area (Å²) in [5.74, 6) is -0.812. The number of amides is 2. The quantitative estimate of drug-likeness (QED) is 0.746. The average molecular weight is 242 g/mol. The minimum atomic E-state index is -0.812. The molecule has 1 fully saturated rings. The molecular formula is C12H22N2O3. The van der Waals surface area contributed by atoms with Gasteiger partial charge in [0.1, 0.15) is 0 Å². The second-order valence-electron chi connectivity index (χ2n) is 4.86. The Morgan fingerprint density at radius 1 is 1.41 bits per heavy atom. The molecule has 2 amide bonds. The molecule has 0 saturated heterocycles. The molecule has 0 unspecified atom stereocenters. The molecule has 0 heterocycles.